The third-order valence-corrected chi connectivity index (χ3v) is 5.36. The highest BCUT2D eigenvalue weighted by Gasteiger charge is 2.40. The summed E-state index contributed by atoms with van der Waals surface area (Å²) in [5.41, 5.74) is -0.727. The second kappa shape index (κ2) is 7.75. The maximum Gasteiger partial charge on any atom is 0.416 e. The molecular formula is C20H21F3N4O3. The molecule has 0 radical (unpaired) electrons. The van der Waals surface area contributed by atoms with E-state index in [-0.39, 0.29) is 35.5 Å². The standard InChI is InChI=1S/C20H21F3N4O3/c1-12-9-13-14(20(21,22)23)3-2-4-15(13)27(12)19(29)10-16-24-17(11-18(28)25-16)26-5-7-30-8-6-26/h2-4,11-12H,5-10H2,1H3,(H,24,25,28)/t12-/m1/s1. The number of alkyl halides is 3. The fraction of sp³-hybridized carbons (Fsp3) is 0.450. The summed E-state index contributed by atoms with van der Waals surface area (Å²) in [7, 11) is 0. The Labute approximate surface area is 170 Å². The number of carbonyl (C=O) groups is 1. The van der Waals surface area contributed by atoms with Crippen LogP contribution in [0.1, 0.15) is 23.9 Å². The lowest BCUT2D eigenvalue weighted by atomic mass is 10.0. The Morgan fingerprint density at radius 2 is 2.03 bits per heavy atom. The van der Waals surface area contributed by atoms with Crippen molar-refractivity contribution in [1.82, 2.24) is 9.97 Å². The normalized spacial score (nSPS) is 19.1. The highest BCUT2D eigenvalue weighted by molar-refractivity contribution is 5.97. The van der Waals surface area contributed by atoms with E-state index in [1.165, 1.54) is 23.1 Å². The number of fused-ring (bicyclic) bond motifs is 1. The molecule has 2 aromatic rings. The van der Waals surface area contributed by atoms with Crippen LogP contribution in [0.4, 0.5) is 24.7 Å². The molecule has 1 aromatic carbocycles. The fourth-order valence-corrected chi connectivity index (χ4v) is 4.05. The number of ether oxygens (including phenoxy) is 1. The van der Waals surface area contributed by atoms with Gasteiger partial charge in [0.2, 0.25) is 5.91 Å². The average Bonchev–Trinajstić information content (AvgIpc) is 3.03. The van der Waals surface area contributed by atoms with Gasteiger partial charge >= 0.3 is 6.18 Å². The van der Waals surface area contributed by atoms with Crippen molar-refractivity contribution in [3.63, 3.8) is 0 Å². The SMILES string of the molecule is C[C@@H]1Cc2c(cccc2C(F)(F)F)N1C(=O)Cc1nc(N2CCOCC2)cc(=O)[nH]1. The predicted octanol–water partition coefficient (Wildman–Crippen LogP) is 2.15. The molecule has 3 heterocycles. The first-order valence-corrected chi connectivity index (χ1v) is 9.68. The van der Waals surface area contributed by atoms with Gasteiger partial charge < -0.3 is 19.5 Å². The van der Waals surface area contributed by atoms with E-state index in [1.54, 1.807) is 6.92 Å². The maximum absolute atomic E-state index is 13.3. The number of anilines is 2. The molecule has 1 atom stereocenters. The van der Waals surface area contributed by atoms with Gasteiger partial charge in [0.25, 0.3) is 5.56 Å². The molecule has 0 bridgehead atoms. The molecule has 10 heteroatoms. The van der Waals surface area contributed by atoms with Gasteiger partial charge in [0, 0.05) is 30.9 Å². The van der Waals surface area contributed by atoms with Crippen LogP contribution in [0.5, 0.6) is 0 Å². The van der Waals surface area contributed by atoms with Gasteiger partial charge in [-0.15, -0.1) is 0 Å². The summed E-state index contributed by atoms with van der Waals surface area (Å²) in [6, 6.07) is 4.79. The van der Waals surface area contributed by atoms with Gasteiger partial charge in [-0.2, -0.15) is 13.2 Å². The highest BCUT2D eigenvalue weighted by atomic mass is 19.4. The molecule has 1 aromatic heterocycles. The molecule has 1 amide bonds. The van der Waals surface area contributed by atoms with Crippen LogP contribution in [0.15, 0.2) is 29.1 Å². The first kappa shape index (κ1) is 20.4. The molecule has 7 nitrogen and oxygen atoms in total. The number of H-pyrrole nitrogens is 1. The predicted molar refractivity (Wildman–Crippen MR) is 104 cm³/mol. The number of hydrogen-bond donors (Lipinski definition) is 1. The van der Waals surface area contributed by atoms with Crippen LogP contribution in [0.3, 0.4) is 0 Å². The fourth-order valence-electron chi connectivity index (χ4n) is 4.05. The number of carbonyl (C=O) groups excluding carboxylic acids is 1. The number of halogens is 3. The molecule has 0 saturated carbocycles. The monoisotopic (exact) mass is 422 g/mol. The van der Waals surface area contributed by atoms with Gasteiger partial charge in [0.05, 0.1) is 25.2 Å². The maximum atomic E-state index is 13.3. The van der Waals surface area contributed by atoms with Crippen LogP contribution < -0.4 is 15.4 Å². The van der Waals surface area contributed by atoms with Crippen LogP contribution in [0.2, 0.25) is 0 Å². The van der Waals surface area contributed by atoms with Gasteiger partial charge in [-0.25, -0.2) is 4.98 Å². The highest BCUT2D eigenvalue weighted by Crippen LogP contribution is 2.41. The number of morpholine rings is 1. The summed E-state index contributed by atoms with van der Waals surface area (Å²) >= 11 is 0. The van der Waals surface area contributed by atoms with Crippen molar-refractivity contribution in [3.05, 3.63) is 51.6 Å². The van der Waals surface area contributed by atoms with Gasteiger partial charge in [0.1, 0.15) is 11.6 Å². The number of aromatic amines is 1. The quantitative estimate of drug-likeness (QED) is 0.820. The molecule has 0 unspecified atom stereocenters. The molecule has 0 aliphatic carbocycles. The molecule has 1 saturated heterocycles. The molecule has 30 heavy (non-hydrogen) atoms. The van der Waals surface area contributed by atoms with Crippen LogP contribution >= 0.6 is 0 Å². The number of nitrogens with zero attached hydrogens (tertiary/aromatic N) is 3. The second-order valence-electron chi connectivity index (χ2n) is 7.44. The molecule has 160 valence electrons. The number of amides is 1. The van der Waals surface area contributed by atoms with Gasteiger partial charge in [-0.1, -0.05) is 6.07 Å². The molecule has 2 aliphatic heterocycles. The summed E-state index contributed by atoms with van der Waals surface area (Å²) in [4.78, 5) is 35.3. The van der Waals surface area contributed by atoms with Gasteiger partial charge in [-0.05, 0) is 31.0 Å². The molecule has 4 rings (SSSR count). The Morgan fingerprint density at radius 3 is 2.73 bits per heavy atom. The molecular weight excluding hydrogens is 401 g/mol. The van der Waals surface area contributed by atoms with Crippen molar-refractivity contribution < 1.29 is 22.7 Å². The summed E-state index contributed by atoms with van der Waals surface area (Å²) in [5.74, 6) is 0.226. The van der Waals surface area contributed by atoms with E-state index in [4.69, 9.17) is 4.74 Å². The largest absolute Gasteiger partial charge is 0.416 e. The van der Waals surface area contributed by atoms with Crippen molar-refractivity contribution in [2.75, 3.05) is 36.1 Å². The summed E-state index contributed by atoms with van der Waals surface area (Å²) in [6.07, 6.45) is -4.58. The smallest absolute Gasteiger partial charge is 0.378 e. The topological polar surface area (TPSA) is 78.5 Å². The molecule has 0 spiro atoms. The number of hydrogen-bond acceptors (Lipinski definition) is 5. The van der Waals surface area contributed by atoms with E-state index in [0.717, 1.165) is 6.07 Å². The van der Waals surface area contributed by atoms with Crippen LogP contribution in [-0.2, 0) is 28.5 Å². The Hall–Kier alpha value is -2.88. The van der Waals surface area contributed by atoms with Crippen LogP contribution in [0, 0.1) is 0 Å². The van der Waals surface area contributed by atoms with E-state index in [0.29, 0.717) is 32.1 Å². The minimum atomic E-state index is -4.48. The average molecular weight is 422 g/mol. The van der Waals surface area contributed by atoms with Crippen molar-refractivity contribution >= 4 is 17.4 Å². The van der Waals surface area contributed by atoms with E-state index < -0.39 is 23.7 Å². The minimum Gasteiger partial charge on any atom is -0.378 e. The molecule has 1 N–H and O–H groups in total. The summed E-state index contributed by atoms with van der Waals surface area (Å²) in [5, 5.41) is 0. The lowest BCUT2D eigenvalue weighted by molar-refractivity contribution is -0.138. The Morgan fingerprint density at radius 1 is 1.30 bits per heavy atom. The summed E-state index contributed by atoms with van der Waals surface area (Å²) in [6.45, 7) is 3.91. The van der Waals surface area contributed by atoms with Gasteiger partial charge in [0.15, 0.2) is 0 Å². The number of benzene rings is 1. The molecule has 1 fully saturated rings. The lowest BCUT2D eigenvalue weighted by Crippen LogP contribution is -2.39. The van der Waals surface area contributed by atoms with Crippen molar-refractivity contribution in [1.29, 1.82) is 0 Å². The second-order valence-corrected chi connectivity index (χ2v) is 7.44. The lowest BCUT2D eigenvalue weighted by Gasteiger charge is -2.28. The van der Waals surface area contributed by atoms with Crippen molar-refractivity contribution in [3.8, 4) is 0 Å². The van der Waals surface area contributed by atoms with Crippen molar-refractivity contribution in [2.24, 2.45) is 0 Å². The Kier molecular flexibility index (Phi) is 5.27. The number of aromatic nitrogens is 2. The number of nitrogens with one attached hydrogen (secondary N) is 1. The first-order chi connectivity index (χ1) is 14.2. The third-order valence-electron chi connectivity index (χ3n) is 5.36. The van der Waals surface area contributed by atoms with Crippen LogP contribution in [0.25, 0.3) is 0 Å². The van der Waals surface area contributed by atoms with Crippen LogP contribution in [-0.4, -0.2) is 48.2 Å². The van der Waals surface area contributed by atoms with E-state index in [9.17, 15) is 22.8 Å². The van der Waals surface area contributed by atoms with E-state index in [2.05, 4.69) is 9.97 Å². The minimum absolute atomic E-state index is 0.120. The molecule has 2 aliphatic rings. The summed E-state index contributed by atoms with van der Waals surface area (Å²) < 4.78 is 45.3. The zero-order chi connectivity index (χ0) is 21.5. The third kappa shape index (κ3) is 3.91. The van der Waals surface area contributed by atoms with Gasteiger partial charge in [-0.3, -0.25) is 9.59 Å². The van der Waals surface area contributed by atoms with E-state index in [1.807, 2.05) is 4.90 Å². The number of rotatable bonds is 3. The van der Waals surface area contributed by atoms with Crippen molar-refractivity contribution in [2.45, 2.75) is 32.0 Å². The zero-order valence-electron chi connectivity index (χ0n) is 16.3. The zero-order valence-corrected chi connectivity index (χ0v) is 16.3. The van der Waals surface area contributed by atoms with E-state index >= 15 is 0 Å². The first-order valence-electron chi connectivity index (χ1n) is 9.68. The Bertz CT molecular complexity index is 1020. The Balaban J connectivity index is 1.60.